The number of aliphatic hydroxyl groups excluding tert-OH is 3. The number of rotatable bonds is 0. The van der Waals surface area contributed by atoms with Crippen molar-refractivity contribution in [3.05, 3.63) is 0 Å². The minimum absolute atomic E-state index is 0.441. The largest absolute Gasteiger partial charge is 0.388 e. The maximum atomic E-state index is 9.17. The van der Waals surface area contributed by atoms with Crippen molar-refractivity contribution in [3.63, 3.8) is 0 Å². The maximum Gasteiger partial charge on any atom is 0.183 e. The molecule has 5 N–H and O–H groups in total. The first-order valence-electron chi connectivity index (χ1n) is 3.49. The molecule has 0 unspecified atom stereocenters. The lowest BCUT2D eigenvalue weighted by atomic mass is 9.98. The fourth-order valence-electron chi connectivity index (χ4n) is 1.07. The van der Waals surface area contributed by atoms with Gasteiger partial charge in [-0.05, 0) is 6.92 Å². The minimum Gasteiger partial charge on any atom is -0.388 e. The molecule has 1 aliphatic rings. The van der Waals surface area contributed by atoms with Gasteiger partial charge in [0.05, 0.1) is 12.1 Å². The van der Waals surface area contributed by atoms with E-state index in [1.165, 1.54) is 0 Å². The first-order valence-corrected chi connectivity index (χ1v) is 3.49. The summed E-state index contributed by atoms with van der Waals surface area (Å²) in [6.07, 6.45) is -4.20. The lowest BCUT2D eigenvalue weighted by Gasteiger charge is -2.37. The smallest absolute Gasteiger partial charge is 0.183 e. The van der Waals surface area contributed by atoms with Crippen LogP contribution in [0.25, 0.3) is 0 Å². The van der Waals surface area contributed by atoms with E-state index in [9.17, 15) is 5.11 Å². The van der Waals surface area contributed by atoms with Gasteiger partial charge in [-0.25, -0.2) is 0 Å². The molecule has 0 aromatic heterocycles. The van der Waals surface area contributed by atoms with Gasteiger partial charge < -0.3 is 25.8 Å². The highest BCUT2D eigenvalue weighted by Gasteiger charge is 2.39. The van der Waals surface area contributed by atoms with E-state index in [1.807, 2.05) is 0 Å². The maximum absolute atomic E-state index is 9.17. The van der Waals surface area contributed by atoms with Gasteiger partial charge in [-0.2, -0.15) is 0 Å². The van der Waals surface area contributed by atoms with E-state index < -0.39 is 30.6 Å². The number of aliphatic hydroxyl groups is 3. The Bertz CT molecular complexity index is 129. The highest BCUT2D eigenvalue weighted by Crippen LogP contribution is 2.17. The van der Waals surface area contributed by atoms with Gasteiger partial charge in [0.25, 0.3) is 0 Å². The van der Waals surface area contributed by atoms with Crippen LogP contribution in [0.3, 0.4) is 0 Å². The fourth-order valence-corrected chi connectivity index (χ4v) is 1.07. The van der Waals surface area contributed by atoms with Crippen molar-refractivity contribution < 1.29 is 20.1 Å². The molecule has 0 aromatic rings. The van der Waals surface area contributed by atoms with Crippen LogP contribution in [0, 0.1) is 0 Å². The summed E-state index contributed by atoms with van der Waals surface area (Å²) >= 11 is 0. The Morgan fingerprint density at radius 1 is 1.18 bits per heavy atom. The van der Waals surface area contributed by atoms with Gasteiger partial charge in [0.2, 0.25) is 0 Å². The Balaban J connectivity index is 2.63. The first-order chi connectivity index (χ1) is 5.04. The molecule has 1 fully saturated rings. The molecule has 5 heteroatoms. The van der Waals surface area contributed by atoms with E-state index in [4.69, 9.17) is 20.7 Å². The molecule has 0 aromatic carbocycles. The van der Waals surface area contributed by atoms with Crippen LogP contribution in [-0.4, -0.2) is 46.0 Å². The average Bonchev–Trinajstić information content (AvgIpc) is 1.97. The molecular weight excluding hydrogens is 150 g/mol. The van der Waals surface area contributed by atoms with Crippen LogP contribution in [0.2, 0.25) is 0 Å². The number of ether oxygens (including phenoxy) is 1. The van der Waals surface area contributed by atoms with Crippen molar-refractivity contribution in [1.29, 1.82) is 0 Å². The third-order valence-corrected chi connectivity index (χ3v) is 1.93. The van der Waals surface area contributed by atoms with Crippen molar-refractivity contribution in [2.45, 2.75) is 37.6 Å². The van der Waals surface area contributed by atoms with Gasteiger partial charge in [-0.1, -0.05) is 0 Å². The summed E-state index contributed by atoms with van der Waals surface area (Å²) in [6, 6.07) is -0.645. The summed E-state index contributed by atoms with van der Waals surface area (Å²) in [5.74, 6) is 0. The Morgan fingerprint density at radius 2 is 1.73 bits per heavy atom. The zero-order valence-electron chi connectivity index (χ0n) is 6.21. The lowest BCUT2D eigenvalue weighted by molar-refractivity contribution is -0.249. The molecule has 5 atom stereocenters. The second-order valence-electron chi connectivity index (χ2n) is 2.79. The summed E-state index contributed by atoms with van der Waals surface area (Å²) in [5.41, 5.74) is 5.43. The number of nitrogens with two attached hydrogens (primary N) is 1. The average molecular weight is 163 g/mol. The van der Waals surface area contributed by atoms with Crippen LogP contribution in [0.15, 0.2) is 0 Å². The predicted molar refractivity (Wildman–Crippen MR) is 36.5 cm³/mol. The first kappa shape index (κ1) is 8.89. The standard InChI is InChI=1S/C6H13NO4/c1-2-3(7)4(8)5(9)6(10)11-2/h2-6,8-10H,7H2,1H3/t2-,3-,4+,5-,6-/m1/s1. The van der Waals surface area contributed by atoms with Gasteiger partial charge in [0.15, 0.2) is 6.29 Å². The van der Waals surface area contributed by atoms with Gasteiger partial charge in [-0.15, -0.1) is 0 Å². The summed E-state index contributed by atoms with van der Waals surface area (Å²) in [4.78, 5) is 0. The molecule has 5 nitrogen and oxygen atoms in total. The molecule has 1 aliphatic heterocycles. The lowest BCUT2D eigenvalue weighted by Crippen LogP contribution is -2.60. The predicted octanol–water partition coefficient (Wildman–Crippen LogP) is -2.23. The summed E-state index contributed by atoms with van der Waals surface area (Å²) in [5, 5.41) is 27.1. The van der Waals surface area contributed by atoms with Crippen molar-refractivity contribution in [3.8, 4) is 0 Å². The Morgan fingerprint density at radius 3 is 2.27 bits per heavy atom. The minimum atomic E-state index is -1.33. The van der Waals surface area contributed by atoms with Crippen LogP contribution >= 0.6 is 0 Å². The van der Waals surface area contributed by atoms with Crippen molar-refractivity contribution in [2.24, 2.45) is 5.73 Å². The van der Waals surface area contributed by atoms with Crippen LogP contribution in [-0.2, 0) is 4.74 Å². The van der Waals surface area contributed by atoms with E-state index in [0.29, 0.717) is 0 Å². The molecule has 0 aliphatic carbocycles. The van der Waals surface area contributed by atoms with Crippen LogP contribution < -0.4 is 5.73 Å². The van der Waals surface area contributed by atoms with Crippen molar-refractivity contribution >= 4 is 0 Å². The van der Waals surface area contributed by atoms with E-state index >= 15 is 0 Å². The SMILES string of the molecule is C[C@H]1O[C@@H](O)[C@H](O)[C@@H](O)[C@@H]1N. The molecule has 1 heterocycles. The van der Waals surface area contributed by atoms with Crippen LogP contribution in [0.4, 0.5) is 0 Å². The zero-order valence-corrected chi connectivity index (χ0v) is 6.21. The van der Waals surface area contributed by atoms with Crippen molar-refractivity contribution in [1.82, 2.24) is 0 Å². The molecule has 1 saturated heterocycles. The van der Waals surface area contributed by atoms with Gasteiger partial charge in [0.1, 0.15) is 12.2 Å². The zero-order chi connectivity index (χ0) is 8.59. The highest BCUT2D eigenvalue weighted by molar-refractivity contribution is 4.89. The molecule has 0 radical (unpaired) electrons. The summed E-state index contributed by atoms with van der Waals surface area (Å²) in [7, 11) is 0. The normalized spacial score (nSPS) is 52.6. The quantitative estimate of drug-likeness (QED) is 0.324. The molecule has 11 heavy (non-hydrogen) atoms. The third-order valence-electron chi connectivity index (χ3n) is 1.93. The monoisotopic (exact) mass is 163 g/mol. The molecule has 66 valence electrons. The molecule has 0 amide bonds. The van der Waals surface area contributed by atoms with Gasteiger partial charge in [-0.3, -0.25) is 0 Å². The van der Waals surface area contributed by atoms with Gasteiger partial charge >= 0.3 is 0 Å². The molecule has 1 rings (SSSR count). The second-order valence-corrected chi connectivity index (χ2v) is 2.79. The van der Waals surface area contributed by atoms with Crippen LogP contribution in [0.5, 0.6) is 0 Å². The summed E-state index contributed by atoms with van der Waals surface area (Å²) in [6.45, 7) is 1.63. The molecule has 0 bridgehead atoms. The second kappa shape index (κ2) is 3.04. The Labute approximate surface area is 64.4 Å². The fraction of sp³-hybridized carbons (Fsp3) is 1.00. The molecule has 0 saturated carbocycles. The topological polar surface area (TPSA) is 95.9 Å². The van der Waals surface area contributed by atoms with Gasteiger partial charge in [0, 0.05) is 0 Å². The highest BCUT2D eigenvalue weighted by atomic mass is 16.6. The van der Waals surface area contributed by atoms with E-state index in [0.717, 1.165) is 0 Å². The number of hydrogen-bond donors (Lipinski definition) is 4. The molecular formula is C6H13NO4. The van der Waals surface area contributed by atoms with E-state index in [2.05, 4.69) is 0 Å². The van der Waals surface area contributed by atoms with Crippen molar-refractivity contribution in [2.75, 3.05) is 0 Å². The van der Waals surface area contributed by atoms with E-state index in [1.54, 1.807) is 6.92 Å². The summed E-state index contributed by atoms with van der Waals surface area (Å²) < 4.78 is 4.80. The Kier molecular flexibility index (Phi) is 2.46. The number of hydrogen-bond acceptors (Lipinski definition) is 5. The molecule has 0 spiro atoms. The van der Waals surface area contributed by atoms with E-state index in [-0.39, 0.29) is 0 Å². The van der Waals surface area contributed by atoms with Crippen LogP contribution in [0.1, 0.15) is 6.92 Å². The third kappa shape index (κ3) is 1.52. The Hall–Kier alpha value is -0.200.